The maximum atomic E-state index is 13.4. The number of ether oxygens (including phenoxy) is 1. The summed E-state index contributed by atoms with van der Waals surface area (Å²) in [5, 5.41) is 2.06. The number of nitrogens with zero attached hydrogens (tertiary/aromatic N) is 1. The average molecular weight is 635 g/mol. The predicted octanol–water partition coefficient (Wildman–Crippen LogP) is 7.00. The van der Waals surface area contributed by atoms with Gasteiger partial charge in [0.2, 0.25) is 0 Å². The van der Waals surface area contributed by atoms with Crippen molar-refractivity contribution in [2.24, 2.45) is 0 Å². The second-order valence-corrected chi connectivity index (χ2v) is 10.3. The summed E-state index contributed by atoms with van der Waals surface area (Å²) in [5.74, 6) is -3.53. The van der Waals surface area contributed by atoms with Crippen LogP contribution in [0.25, 0.3) is 0 Å². The van der Waals surface area contributed by atoms with E-state index in [4.69, 9.17) is 74.3 Å². The Bertz CT molecular complexity index is 1430. The lowest BCUT2D eigenvalue weighted by Crippen LogP contribution is -2.47. The van der Waals surface area contributed by atoms with E-state index in [2.05, 4.69) is 5.32 Å². The van der Waals surface area contributed by atoms with Crippen LogP contribution in [0.5, 0.6) is 0 Å². The molecule has 0 radical (unpaired) electrons. The topological polar surface area (TPSA) is 92.8 Å². The number of carbonyl (C=O) groups is 4. The Morgan fingerprint density at radius 1 is 0.789 bits per heavy atom. The number of fused-ring (bicyclic) bond motifs is 1. The van der Waals surface area contributed by atoms with Crippen molar-refractivity contribution in [3.8, 4) is 0 Å². The van der Waals surface area contributed by atoms with Crippen LogP contribution < -0.4 is 5.32 Å². The number of benzene rings is 3. The number of anilines is 1. The number of hydrogen-bond acceptors (Lipinski definition) is 5. The Hall–Kier alpha value is -2.52. The third kappa shape index (κ3) is 5.59. The summed E-state index contributed by atoms with van der Waals surface area (Å²) in [7, 11) is 0. The van der Waals surface area contributed by atoms with Crippen LogP contribution in [-0.4, -0.2) is 41.2 Å². The number of amides is 3. The molecule has 0 saturated heterocycles. The highest BCUT2D eigenvalue weighted by Crippen LogP contribution is 2.45. The molecule has 38 heavy (non-hydrogen) atoms. The molecule has 0 unspecified atom stereocenters. The molecule has 0 spiro atoms. The monoisotopic (exact) mass is 632 g/mol. The molecule has 0 saturated carbocycles. The SMILES string of the molecule is O=C(COC(=O)[C@H](Cc1ccccc1)N1C(=O)c2c(Cl)c(Cl)c(Cl)c(Cl)c2C1=O)Nc1ccc(Cl)c(Cl)c1. The van der Waals surface area contributed by atoms with Crippen LogP contribution in [0.3, 0.4) is 0 Å². The minimum Gasteiger partial charge on any atom is -0.454 e. The first kappa shape index (κ1) is 28.5. The van der Waals surface area contributed by atoms with Gasteiger partial charge in [0, 0.05) is 12.1 Å². The molecule has 0 bridgehead atoms. The fourth-order valence-electron chi connectivity index (χ4n) is 3.77. The Kier molecular flexibility index (Phi) is 8.77. The molecule has 0 aliphatic carbocycles. The fourth-order valence-corrected chi connectivity index (χ4v) is 5.08. The van der Waals surface area contributed by atoms with Crippen molar-refractivity contribution in [3.05, 3.63) is 95.4 Å². The second kappa shape index (κ2) is 11.7. The van der Waals surface area contributed by atoms with E-state index in [0.29, 0.717) is 21.2 Å². The molecule has 1 heterocycles. The largest absolute Gasteiger partial charge is 0.454 e. The predicted molar refractivity (Wildman–Crippen MR) is 147 cm³/mol. The maximum Gasteiger partial charge on any atom is 0.330 e. The van der Waals surface area contributed by atoms with Gasteiger partial charge in [-0.2, -0.15) is 0 Å². The van der Waals surface area contributed by atoms with Gasteiger partial charge in [-0.05, 0) is 23.8 Å². The Labute approximate surface area is 246 Å². The molecular weight excluding hydrogens is 621 g/mol. The molecular formula is C25H14Cl6N2O5. The minimum absolute atomic E-state index is 0.115. The molecule has 1 aliphatic heterocycles. The molecule has 13 heteroatoms. The van der Waals surface area contributed by atoms with Crippen LogP contribution >= 0.6 is 69.6 Å². The molecule has 0 aromatic heterocycles. The minimum atomic E-state index is -1.47. The first-order valence-corrected chi connectivity index (χ1v) is 13.0. The van der Waals surface area contributed by atoms with Crippen LogP contribution in [0.15, 0.2) is 48.5 Å². The molecule has 3 amide bonds. The molecule has 7 nitrogen and oxygen atoms in total. The quantitative estimate of drug-likeness (QED) is 0.131. The third-order valence-corrected chi connectivity index (χ3v) is 8.08. The van der Waals surface area contributed by atoms with Crippen LogP contribution in [0.1, 0.15) is 26.3 Å². The van der Waals surface area contributed by atoms with Crippen molar-refractivity contribution in [2.45, 2.75) is 12.5 Å². The highest BCUT2D eigenvalue weighted by atomic mass is 35.5. The summed E-state index contributed by atoms with van der Waals surface area (Å²) in [5.41, 5.74) is 0.373. The van der Waals surface area contributed by atoms with E-state index in [0.717, 1.165) is 0 Å². The van der Waals surface area contributed by atoms with Crippen molar-refractivity contribution in [1.82, 2.24) is 4.90 Å². The van der Waals surface area contributed by atoms with Gasteiger partial charge in [-0.3, -0.25) is 19.3 Å². The zero-order valence-corrected chi connectivity index (χ0v) is 23.4. The lowest BCUT2D eigenvalue weighted by atomic mass is 10.0. The summed E-state index contributed by atoms with van der Waals surface area (Å²) in [4.78, 5) is 53.1. The summed E-state index contributed by atoms with van der Waals surface area (Å²) >= 11 is 36.4. The number of halogens is 6. The van der Waals surface area contributed by atoms with E-state index in [9.17, 15) is 19.2 Å². The van der Waals surface area contributed by atoms with Crippen LogP contribution in [0, 0.1) is 0 Å². The Balaban J connectivity index is 1.60. The number of rotatable bonds is 7. The van der Waals surface area contributed by atoms with Gasteiger partial charge in [-0.1, -0.05) is 99.9 Å². The van der Waals surface area contributed by atoms with Crippen molar-refractivity contribution in [3.63, 3.8) is 0 Å². The average Bonchev–Trinajstić information content (AvgIpc) is 3.15. The summed E-state index contributed by atoms with van der Waals surface area (Å²) < 4.78 is 5.21. The van der Waals surface area contributed by atoms with E-state index in [1.54, 1.807) is 30.3 Å². The van der Waals surface area contributed by atoms with E-state index >= 15 is 0 Å². The van der Waals surface area contributed by atoms with E-state index < -0.39 is 36.3 Å². The summed E-state index contributed by atoms with van der Waals surface area (Å²) in [6.07, 6.45) is -0.115. The first-order chi connectivity index (χ1) is 18.0. The zero-order chi connectivity index (χ0) is 27.7. The highest BCUT2D eigenvalue weighted by Gasteiger charge is 2.47. The van der Waals surface area contributed by atoms with E-state index in [1.807, 2.05) is 0 Å². The molecule has 1 aliphatic rings. The van der Waals surface area contributed by atoms with E-state index in [-0.39, 0.29) is 42.7 Å². The van der Waals surface area contributed by atoms with Crippen LogP contribution in [-0.2, 0) is 20.7 Å². The van der Waals surface area contributed by atoms with Gasteiger partial charge >= 0.3 is 5.97 Å². The zero-order valence-electron chi connectivity index (χ0n) is 18.9. The Morgan fingerprint density at radius 3 is 1.92 bits per heavy atom. The summed E-state index contributed by atoms with van der Waals surface area (Å²) in [6, 6.07) is 11.5. The number of hydrogen-bond donors (Lipinski definition) is 1. The lowest BCUT2D eigenvalue weighted by Gasteiger charge is -2.24. The maximum absolute atomic E-state index is 13.4. The van der Waals surface area contributed by atoms with Gasteiger partial charge in [0.05, 0.1) is 41.3 Å². The smallest absolute Gasteiger partial charge is 0.330 e. The highest BCUT2D eigenvalue weighted by molar-refractivity contribution is 6.55. The van der Waals surface area contributed by atoms with Crippen molar-refractivity contribution < 1.29 is 23.9 Å². The Morgan fingerprint density at radius 2 is 1.37 bits per heavy atom. The number of imide groups is 1. The molecule has 3 aromatic rings. The third-order valence-electron chi connectivity index (χ3n) is 5.54. The lowest BCUT2D eigenvalue weighted by molar-refractivity contribution is -0.151. The van der Waals surface area contributed by atoms with E-state index in [1.165, 1.54) is 18.2 Å². The normalized spacial score (nSPS) is 13.4. The first-order valence-electron chi connectivity index (χ1n) is 10.7. The van der Waals surface area contributed by atoms with Crippen LogP contribution in [0.4, 0.5) is 5.69 Å². The second-order valence-electron chi connectivity index (χ2n) is 7.98. The van der Waals surface area contributed by atoms with Gasteiger partial charge in [-0.25, -0.2) is 4.79 Å². The molecule has 196 valence electrons. The molecule has 4 rings (SSSR count). The number of nitrogens with one attached hydrogen (secondary N) is 1. The molecule has 1 N–H and O–H groups in total. The summed E-state index contributed by atoms with van der Waals surface area (Å²) in [6.45, 7) is -0.716. The van der Waals surface area contributed by atoms with Gasteiger partial charge in [-0.15, -0.1) is 0 Å². The fraction of sp³-hybridized carbons (Fsp3) is 0.120. The number of esters is 1. The molecule has 1 atom stereocenters. The van der Waals surface area contributed by atoms with Crippen LogP contribution in [0.2, 0.25) is 30.1 Å². The van der Waals surface area contributed by atoms with Gasteiger partial charge in [0.15, 0.2) is 6.61 Å². The van der Waals surface area contributed by atoms with Gasteiger partial charge in [0.1, 0.15) is 6.04 Å². The van der Waals surface area contributed by atoms with Crippen molar-refractivity contribution >= 4 is 99.0 Å². The number of carbonyl (C=O) groups excluding carboxylic acids is 4. The van der Waals surface area contributed by atoms with Gasteiger partial charge in [0.25, 0.3) is 17.7 Å². The molecule has 3 aromatic carbocycles. The van der Waals surface area contributed by atoms with Crippen molar-refractivity contribution in [1.29, 1.82) is 0 Å². The molecule has 0 fully saturated rings. The van der Waals surface area contributed by atoms with Gasteiger partial charge < -0.3 is 10.1 Å². The van der Waals surface area contributed by atoms with Crippen molar-refractivity contribution in [2.75, 3.05) is 11.9 Å². The standard InChI is InChI=1S/C25H14Cl6N2O5/c26-13-7-6-12(9-14(13)27)32-16(34)10-38-25(37)15(8-11-4-2-1-3-5-11)33-23(35)17-18(24(33)36)20(29)22(31)21(30)19(17)28/h1-7,9,15H,8,10H2,(H,32,34)/t15-/m0/s1.